The molecule has 0 aliphatic heterocycles. The third kappa shape index (κ3) is 3.13. The van der Waals surface area contributed by atoms with E-state index in [1.807, 2.05) is 6.07 Å². The Labute approximate surface area is 120 Å². The van der Waals surface area contributed by atoms with Crippen LogP contribution in [0.3, 0.4) is 0 Å². The van der Waals surface area contributed by atoms with Gasteiger partial charge in [-0.2, -0.15) is 0 Å². The number of ether oxygens (including phenoxy) is 1. The third-order valence-corrected chi connectivity index (χ3v) is 4.67. The molecule has 3 nitrogen and oxygen atoms in total. The fourth-order valence-corrected chi connectivity index (χ4v) is 3.34. The zero-order valence-electron chi connectivity index (χ0n) is 12.4. The van der Waals surface area contributed by atoms with Crippen LogP contribution in [0.1, 0.15) is 50.6 Å². The topological polar surface area (TPSA) is 47.3 Å². The van der Waals surface area contributed by atoms with Gasteiger partial charge in [0, 0.05) is 5.56 Å². The number of nitrogens with two attached hydrogens (primary N) is 1. The number of hydrazine groups is 1. The summed E-state index contributed by atoms with van der Waals surface area (Å²) in [6, 6.07) is 5.12. The van der Waals surface area contributed by atoms with Gasteiger partial charge in [-0.05, 0) is 30.7 Å². The van der Waals surface area contributed by atoms with Gasteiger partial charge in [-0.15, -0.1) is 0 Å². The molecular weight excluding hydrogens is 255 g/mol. The van der Waals surface area contributed by atoms with Crippen LogP contribution in [-0.2, 0) is 0 Å². The van der Waals surface area contributed by atoms with Crippen molar-refractivity contribution in [1.29, 1.82) is 0 Å². The number of rotatable bonds is 5. The highest BCUT2D eigenvalue weighted by molar-refractivity contribution is 5.33. The predicted octanol–water partition coefficient (Wildman–Crippen LogP) is 3.56. The molecule has 2 rings (SSSR count). The van der Waals surface area contributed by atoms with E-state index in [9.17, 15) is 4.39 Å². The van der Waals surface area contributed by atoms with E-state index >= 15 is 0 Å². The molecule has 1 aliphatic carbocycles. The average Bonchev–Trinajstić information content (AvgIpc) is 2.50. The fourth-order valence-electron chi connectivity index (χ4n) is 3.34. The highest BCUT2D eigenvalue weighted by Gasteiger charge is 2.29. The standard InChI is InChI=1S/C16H25FN2O/c1-3-11-7-9-12(10-8-11)16(19-18)13-5-4-6-14(20-2)15(13)17/h4-6,11-12,16,19H,3,7-10,18H2,1-2H3. The second-order valence-corrected chi connectivity index (χ2v) is 5.70. The molecule has 20 heavy (non-hydrogen) atoms. The van der Waals surface area contributed by atoms with Gasteiger partial charge in [-0.1, -0.05) is 38.3 Å². The molecule has 0 spiro atoms. The van der Waals surface area contributed by atoms with Crippen LogP contribution in [-0.4, -0.2) is 7.11 Å². The maximum absolute atomic E-state index is 14.4. The van der Waals surface area contributed by atoms with E-state index in [1.54, 1.807) is 12.1 Å². The smallest absolute Gasteiger partial charge is 0.169 e. The lowest BCUT2D eigenvalue weighted by Gasteiger charge is -2.33. The molecule has 1 aliphatic rings. The van der Waals surface area contributed by atoms with Crippen molar-refractivity contribution in [2.45, 2.75) is 45.1 Å². The lowest BCUT2D eigenvalue weighted by Crippen LogP contribution is -2.36. The predicted molar refractivity (Wildman–Crippen MR) is 78.8 cm³/mol. The monoisotopic (exact) mass is 280 g/mol. The SMILES string of the molecule is CCC1CCC(C(NN)c2cccc(OC)c2F)CC1. The molecule has 1 unspecified atom stereocenters. The Balaban J connectivity index is 2.16. The van der Waals surface area contributed by atoms with Gasteiger partial charge in [0.25, 0.3) is 0 Å². The normalized spacial score (nSPS) is 24.4. The lowest BCUT2D eigenvalue weighted by atomic mass is 9.76. The van der Waals surface area contributed by atoms with Crippen molar-refractivity contribution in [2.24, 2.45) is 17.7 Å². The Hall–Kier alpha value is -1.13. The molecule has 0 amide bonds. The van der Waals surface area contributed by atoms with Gasteiger partial charge in [0.05, 0.1) is 13.2 Å². The van der Waals surface area contributed by atoms with Gasteiger partial charge in [0.1, 0.15) is 0 Å². The summed E-state index contributed by atoms with van der Waals surface area (Å²) in [5, 5.41) is 0. The Morgan fingerprint density at radius 1 is 1.35 bits per heavy atom. The molecule has 112 valence electrons. The Kier molecular flexibility index (Phi) is 5.38. The van der Waals surface area contributed by atoms with Crippen molar-refractivity contribution >= 4 is 0 Å². The Morgan fingerprint density at radius 2 is 2.05 bits per heavy atom. The van der Waals surface area contributed by atoms with Gasteiger partial charge in [0.15, 0.2) is 11.6 Å². The van der Waals surface area contributed by atoms with Gasteiger partial charge < -0.3 is 4.74 Å². The maximum atomic E-state index is 14.4. The number of nitrogens with one attached hydrogen (secondary N) is 1. The van der Waals surface area contributed by atoms with Crippen molar-refractivity contribution in [3.05, 3.63) is 29.6 Å². The van der Waals surface area contributed by atoms with E-state index in [4.69, 9.17) is 10.6 Å². The molecule has 1 fully saturated rings. The summed E-state index contributed by atoms with van der Waals surface area (Å²) in [7, 11) is 1.49. The first-order valence-corrected chi connectivity index (χ1v) is 7.49. The van der Waals surface area contributed by atoms with Crippen molar-refractivity contribution in [3.63, 3.8) is 0 Å². The van der Waals surface area contributed by atoms with Crippen LogP contribution in [0.15, 0.2) is 18.2 Å². The van der Waals surface area contributed by atoms with Gasteiger partial charge in [-0.25, -0.2) is 4.39 Å². The minimum absolute atomic E-state index is 0.136. The van der Waals surface area contributed by atoms with Crippen LogP contribution in [0.5, 0.6) is 5.75 Å². The average molecular weight is 280 g/mol. The highest BCUT2D eigenvalue weighted by Crippen LogP contribution is 2.39. The molecule has 0 aromatic heterocycles. The molecule has 3 N–H and O–H groups in total. The molecule has 1 aromatic rings. The molecule has 0 heterocycles. The summed E-state index contributed by atoms with van der Waals surface area (Å²) in [4.78, 5) is 0. The third-order valence-electron chi connectivity index (χ3n) is 4.67. The van der Waals surface area contributed by atoms with Crippen molar-refractivity contribution in [3.8, 4) is 5.75 Å². The summed E-state index contributed by atoms with van der Waals surface area (Å²) >= 11 is 0. The quantitative estimate of drug-likeness (QED) is 0.640. The Morgan fingerprint density at radius 3 is 2.60 bits per heavy atom. The van der Waals surface area contributed by atoms with Crippen LogP contribution in [0.2, 0.25) is 0 Å². The van der Waals surface area contributed by atoms with E-state index in [2.05, 4.69) is 12.3 Å². The first-order chi connectivity index (χ1) is 9.71. The van der Waals surface area contributed by atoms with E-state index in [0.717, 1.165) is 18.8 Å². The molecule has 0 saturated heterocycles. The lowest BCUT2D eigenvalue weighted by molar-refractivity contribution is 0.216. The molecule has 4 heteroatoms. The Bertz CT molecular complexity index is 430. The summed E-state index contributed by atoms with van der Waals surface area (Å²) in [5.74, 6) is 6.90. The summed E-state index contributed by atoms with van der Waals surface area (Å²) in [6.07, 6.45) is 5.87. The zero-order valence-corrected chi connectivity index (χ0v) is 12.4. The van der Waals surface area contributed by atoms with Crippen molar-refractivity contribution in [1.82, 2.24) is 5.43 Å². The molecule has 1 atom stereocenters. The van der Waals surface area contributed by atoms with Gasteiger partial charge in [0.2, 0.25) is 0 Å². The number of hydrogen-bond acceptors (Lipinski definition) is 3. The first kappa shape index (κ1) is 15.3. The second kappa shape index (κ2) is 7.04. The van der Waals surface area contributed by atoms with Crippen LogP contribution in [0.25, 0.3) is 0 Å². The maximum Gasteiger partial charge on any atom is 0.169 e. The van der Waals surface area contributed by atoms with Crippen molar-refractivity contribution < 1.29 is 9.13 Å². The van der Waals surface area contributed by atoms with Gasteiger partial charge in [-0.3, -0.25) is 11.3 Å². The number of benzene rings is 1. The van der Waals surface area contributed by atoms with Crippen LogP contribution in [0, 0.1) is 17.7 Å². The second-order valence-electron chi connectivity index (χ2n) is 5.70. The molecule has 1 saturated carbocycles. The minimum atomic E-state index is -0.296. The van der Waals surface area contributed by atoms with E-state index in [-0.39, 0.29) is 17.6 Å². The van der Waals surface area contributed by atoms with Crippen molar-refractivity contribution in [2.75, 3.05) is 7.11 Å². The summed E-state index contributed by atoms with van der Waals surface area (Å²) < 4.78 is 19.4. The van der Waals surface area contributed by atoms with E-state index in [0.29, 0.717) is 11.5 Å². The molecule has 1 aromatic carbocycles. The number of methoxy groups -OCH3 is 1. The van der Waals surface area contributed by atoms with E-state index in [1.165, 1.54) is 26.4 Å². The zero-order chi connectivity index (χ0) is 14.5. The molecule has 0 bridgehead atoms. The van der Waals surface area contributed by atoms with Crippen LogP contribution in [0.4, 0.5) is 4.39 Å². The summed E-state index contributed by atoms with van der Waals surface area (Å²) in [6.45, 7) is 2.24. The number of halogens is 1. The first-order valence-electron chi connectivity index (χ1n) is 7.49. The molecule has 0 radical (unpaired) electrons. The minimum Gasteiger partial charge on any atom is -0.494 e. The number of hydrogen-bond donors (Lipinski definition) is 2. The highest BCUT2D eigenvalue weighted by atomic mass is 19.1. The summed E-state index contributed by atoms with van der Waals surface area (Å²) in [5.41, 5.74) is 3.43. The van der Waals surface area contributed by atoms with E-state index < -0.39 is 0 Å². The molecular formula is C16H25FN2O. The largest absolute Gasteiger partial charge is 0.494 e. The van der Waals surface area contributed by atoms with Crippen LogP contribution < -0.4 is 16.0 Å². The van der Waals surface area contributed by atoms with Gasteiger partial charge >= 0.3 is 0 Å². The van der Waals surface area contributed by atoms with Crippen LogP contribution >= 0.6 is 0 Å². The fraction of sp³-hybridized carbons (Fsp3) is 0.625.